The summed E-state index contributed by atoms with van der Waals surface area (Å²) in [6.07, 6.45) is 1.04. The van der Waals surface area contributed by atoms with Gasteiger partial charge in [0.1, 0.15) is 5.82 Å². The predicted molar refractivity (Wildman–Crippen MR) is 82.7 cm³/mol. The fourth-order valence-corrected chi connectivity index (χ4v) is 2.95. The van der Waals surface area contributed by atoms with E-state index < -0.39 is 0 Å². The van der Waals surface area contributed by atoms with E-state index in [1.54, 1.807) is 30.3 Å². The van der Waals surface area contributed by atoms with E-state index >= 15 is 0 Å². The van der Waals surface area contributed by atoms with Crippen molar-refractivity contribution in [3.8, 4) is 0 Å². The van der Waals surface area contributed by atoms with E-state index in [1.807, 2.05) is 13.8 Å². The van der Waals surface area contributed by atoms with Gasteiger partial charge in [-0.15, -0.1) is 0 Å². The van der Waals surface area contributed by atoms with Gasteiger partial charge in [0.2, 0.25) is 0 Å². The van der Waals surface area contributed by atoms with Crippen molar-refractivity contribution in [2.24, 2.45) is 0 Å². The smallest absolute Gasteiger partial charge is 0.266 e. The topological polar surface area (TPSA) is 37.4 Å². The molecule has 0 saturated heterocycles. The summed E-state index contributed by atoms with van der Waals surface area (Å²) in [6.45, 7) is 3.74. The third-order valence-corrected chi connectivity index (χ3v) is 4.06. The highest BCUT2D eigenvalue weighted by Crippen LogP contribution is 2.35. The van der Waals surface area contributed by atoms with Crippen LogP contribution in [-0.2, 0) is 12.8 Å². The quantitative estimate of drug-likeness (QED) is 0.809. The van der Waals surface area contributed by atoms with Crippen LogP contribution in [-0.4, -0.2) is 11.8 Å². The maximum absolute atomic E-state index is 14.2. The van der Waals surface area contributed by atoms with Crippen LogP contribution < -0.4 is 4.90 Å². The largest absolute Gasteiger partial charge is 0.268 e. The molecule has 112 valence electrons. The van der Waals surface area contributed by atoms with Crippen molar-refractivity contribution < 1.29 is 14.0 Å². The maximum atomic E-state index is 14.2. The molecule has 1 heterocycles. The van der Waals surface area contributed by atoms with Crippen LogP contribution in [0.1, 0.15) is 45.7 Å². The number of rotatable bonds is 3. The van der Waals surface area contributed by atoms with Crippen molar-refractivity contribution in [1.29, 1.82) is 0 Å². The highest BCUT2D eigenvalue weighted by Gasteiger charge is 2.38. The molecule has 0 aliphatic carbocycles. The molecule has 22 heavy (non-hydrogen) atoms. The van der Waals surface area contributed by atoms with Crippen molar-refractivity contribution in [1.82, 2.24) is 0 Å². The van der Waals surface area contributed by atoms with Gasteiger partial charge in [-0.05, 0) is 36.6 Å². The fourth-order valence-electron chi connectivity index (χ4n) is 2.95. The van der Waals surface area contributed by atoms with Crippen LogP contribution in [0.5, 0.6) is 0 Å². The number of amides is 2. The summed E-state index contributed by atoms with van der Waals surface area (Å²) in [5.74, 6) is -1.14. The van der Waals surface area contributed by atoms with Crippen LogP contribution in [0, 0.1) is 5.82 Å². The lowest BCUT2D eigenvalue weighted by atomic mass is 10.0. The number of hydrogen-bond donors (Lipinski definition) is 0. The third-order valence-electron chi connectivity index (χ3n) is 4.06. The van der Waals surface area contributed by atoms with Crippen LogP contribution in [0.2, 0.25) is 0 Å². The number of carbonyl (C=O) groups is 2. The number of benzene rings is 2. The molecule has 0 N–H and O–H groups in total. The number of aryl methyl sites for hydroxylation is 1. The molecule has 4 heteroatoms. The maximum Gasteiger partial charge on any atom is 0.266 e. The fraction of sp³-hybridized carbons (Fsp3) is 0.222. The molecule has 3 rings (SSSR count). The molecule has 1 aliphatic heterocycles. The highest BCUT2D eigenvalue weighted by atomic mass is 19.1. The Morgan fingerprint density at radius 1 is 0.909 bits per heavy atom. The Hall–Kier alpha value is -2.49. The Labute approximate surface area is 128 Å². The molecule has 2 aromatic carbocycles. The molecular formula is C18H16FNO2. The van der Waals surface area contributed by atoms with E-state index in [-0.39, 0.29) is 17.6 Å². The van der Waals surface area contributed by atoms with Crippen LogP contribution in [0.25, 0.3) is 0 Å². The molecule has 3 nitrogen and oxygen atoms in total. The van der Waals surface area contributed by atoms with E-state index in [0.717, 1.165) is 10.5 Å². The summed E-state index contributed by atoms with van der Waals surface area (Å²) >= 11 is 0. The van der Waals surface area contributed by atoms with E-state index in [2.05, 4.69) is 0 Å². The zero-order valence-electron chi connectivity index (χ0n) is 12.5. The number of halogens is 1. The summed E-state index contributed by atoms with van der Waals surface area (Å²) in [5.41, 5.74) is 2.37. The summed E-state index contributed by atoms with van der Waals surface area (Å²) < 4.78 is 14.2. The predicted octanol–water partition coefficient (Wildman–Crippen LogP) is 3.75. The zero-order valence-corrected chi connectivity index (χ0v) is 12.5. The highest BCUT2D eigenvalue weighted by molar-refractivity contribution is 6.34. The van der Waals surface area contributed by atoms with Gasteiger partial charge in [0.15, 0.2) is 0 Å². The molecule has 0 fully saturated rings. The standard InChI is InChI=1S/C18H16FNO2/c1-3-11-9-10-15(19)12(4-2)16(11)20-17(21)13-7-5-6-8-14(13)18(20)22/h5-10H,3-4H2,1-2H3. The molecule has 1 aliphatic rings. The number of nitrogens with zero attached hydrogens (tertiary/aromatic N) is 1. The van der Waals surface area contributed by atoms with Crippen LogP contribution in [0.4, 0.5) is 10.1 Å². The van der Waals surface area contributed by atoms with Gasteiger partial charge >= 0.3 is 0 Å². The first-order valence-electron chi connectivity index (χ1n) is 7.38. The third kappa shape index (κ3) is 1.95. The van der Waals surface area contributed by atoms with Gasteiger partial charge in [-0.25, -0.2) is 9.29 Å². The first-order chi connectivity index (χ1) is 10.6. The van der Waals surface area contributed by atoms with Gasteiger partial charge < -0.3 is 0 Å². The molecule has 0 aromatic heterocycles. The van der Waals surface area contributed by atoms with Gasteiger partial charge in [-0.2, -0.15) is 0 Å². The number of fused-ring (bicyclic) bond motifs is 1. The molecular weight excluding hydrogens is 281 g/mol. The number of anilines is 1. The summed E-state index contributed by atoms with van der Waals surface area (Å²) in [5, 5.41) is 0. The Morgan fingerprint density at radius 3 is 2.00 bits per heavy atom. The van der Waals surface area contributed by atoms with Crippen molar-refractivity contribution >= 4 is 17.5 Å². The molecule has 0 radical (unpaired) electrons. The molecule has 2 aromatic rings. The SMILES string of the molecule is CCc1ccc(F)c(CC)c1N1C(=O)c2ccccc2C1=O. The second kappa shape index (κ2) is 5.37. The average molecular weight is 297 g/mol. The van der Waals surface area contributed by atoms with Crippen LogP contribution >= 0.6 is 0 Å². The molecule has 0 unspecified atom stereocenters. The van der Waals surface area contributed by atoms with E-state index in [0.29, 0.717) is 35.2 Å². The second-order valence-corrected chi connectivity index (χ2v) is 5.23. The number of carbonyl (C=O) groups excluding carboxylic acids is 2. The monoisotopic (exact) mass is 297 g/mol. The van der Waals surface area contributed by atoms with Gasteiger partial charge in [-0.3, -0.25) is 9.59 Å². The lowest BCUT2D eigenvalue weighted by Gasteiger charge is -2.21. The molecule has 0 bridgehead atoms. The van der Waals surface area contributed by atoms with Crippen molar-refractivity contribution in [2.45, 2.75) is 26.7 Å². The summed E-state index contributed by atoms with van der Waals surface area (Å²) in [4.78, 5) is 26.4. The van der Waals surface area contributed by atoms with E-state index in [9.17, 15) is 14.0 Å². The first kappa shape index (κ1) is 14.4. The minimum absolute atomic E-state index is 0.376. The molecule has 2 amide bonds. The lowest BCUT2D eigenvalue weighted by Crippen LogP contribution is -2.31. The molecule has 0 spiro atoms. The minimum atomic E-state index is -0.383. The Bertz CT molecular complexity index is 748. The molecule has 0 saturated carbocycles. The van der Waals surface area contributed by atoms with Gasteiger partial charge in [-0.1, -0.05) is 32.0 Å². The van der Waals surface area contributed by atoms with Crippen LogP contribution in [0.3, 0.4) is 0 Å². The van der Waals surface area contributed by atoms with Crippen molar-refractivity contribution in [3.63, 3.8) is 0 Å². The average Bonchev–Trinajstić information content (AvgIpc) is 2.79. The van der Waals surface area contributed by atoms with E-state index in [4.69, 9.17) is 0 Å². The Balaban J connectivity index is 2.24. The zero-order chi connectivity index (χ0) is 15.9. The second-order valence-electron chi connectivity index (χ2n) is 5.23. The van der Waals surface area contributed by atoms with Gasteiger partial charge in [0, 0.05) is 5.56 Å². The van der Waals surface area contributed by atoms with Gasteiger partial charge in [0.25, 0.3) is 11.8 Å². The number of imide groups is 1. The first-order valence-corrected chi connectivity index (χ1v) is 7.38. The lowest BCUT2D eigenvalue weighted by molar-refractivity contribution is 0.0925. The van der Waals surface area contributed by atoms with E-state index in [1.165, 1.54) is 6.07 Å². The summed E-state index contributed by atoms with van der Waals surface area (Å²) in [6, 6.07) is 9.76. The number of hydrogen-bond acceptors (Lipinski definition) is 2. The van der Waals surface area contributed by atoms with Crippen molar-refractivity contribution in [3.05, 3.63) is 64.5 Å². The van der Waals surface area contributed by atoms with Crippen LogP contribution in [0.15, 0.2) is 36.4 Å². The minimum Gasteiger partial charge on any atom is -0.268 e. The molecule has 0 atom stereocenters. The van der Waals surface area contributed by atoms with Crippen molar-refractivity contribution in [2.75, 3.05) is 4.90 Å². The Kier molecular flexibility index (Phi) is 3.53. The normalized spacial score (nSPS) is 13.7. The summed E-state index contributed by atoms with van der Waals surface area (Å²) in [7, 11) is 0. The van der Waals surface area contributed by atoms with Gasteiger partial charge in [0.05, 0.1) is 16.8 Å². The Morgan fingerprint density at radius 2 is 1.50 bits per heavy atom.